The molecule has 1 heteroatoms. The first kappa shape index (κ1) is 24.9. The Bertz CT molecular complexity index is 2430. The summed E-state index contributed by atoms with van der Waals surface area (Å²) in [6.07, 6.45) is 0.885. The molecule has 9 rings (SSSR count). The van der Waals surface area contributed by atoms with Gasteiger partial charge in [-0.3, -0.25) is 0 Å². The van der Waals surface area contributed by atoms with Crippen LogP contribution in [0.3, 0.4) is 0 Å². The molecular formula is C43H28O. The second kappa shape index (κ2) is 9.69. The molecule has 0 fully saturated rings. The standard InChI is InChI=1S/C43H28O/c44-37-19-18-31-24-33(17-14-32(31)25-37)38-20-21-40(35-16-13-28-7-2-4-9-30(28)23-35)43-41(38)26-36-10-5-11-39(42(36)43)34-15-12-27-6-1-3-8-29(27)22-34/h1-25,44H,26H2. The van der Waals surface area contributed by atoms with Crippen molar-refractivity contribution in [3.8, 4) is 50.3 Å². The molecule has 8 aromatic carbocycles. The number of fused-ring (bicyclic) bond motifs is 6. The molecule has 0 saturated heterocycles. The van der Waals surface area contributed by atoms with E-state index in [-0.39, 0.29) is 0 Å². The van der Waals surface area contributed by atoms with Gasteiger partial charge in [0.1, 0.15) is 5.75 Å². The Labute approximate surface area is 256 Å². The Morgan fingerprint density at radius 2 is 0.864 bits per heavy atom. The molecule has 44 heavy (non-hydrogen) atoms. The Hall–Kier alpha value is -5.66. The quantitative estimate of drug-likeness (QED) is 0.228. The van der Waals surface area contributed by atoms with E-state index in [0.29, 0.717) is 5.75 Å². The van der Waals surface area contributed by atoms with Crippen LogP contribution in [0.15, 0.2) is 152 Å². The van der Waals surface area contributed by atoms with Gasteiger partial charge in [-0.2, -0.15) is 0 Å². The predicted octanol–water partition coefficient (Wildman–Crippen LogP) is 11.4. The molecule has 0 aromatic heterocycles. The smallest absolute Gasteiger partial charge is 0.116 e. The van der Waals surface area contributed by atoms with Gasteiger partial charge in [0.05, 0.1) is 0 Å². The fraction of sp³-hybridized carbons (Fsp3) is 0.0233. The van der Waals surface area contributed by atoms with Crippen LogP contribution in [0.5, 0.6) is 5.75 Å². The summed E-state index contributed by atoms with van der Waals surface area (Å²) in [7, 11) is 0. The first-order chi connectivity index (χ1) is 21.7. The highest BCUT2D eigenvalue weighted by molar-refractivity contribution is 6.03. The van der Waals surface area contributed by atoms with Gasteiger partial charge in [0.25, 0.3) is 0 Å². The Morgan fingerprint density at radius 3 is 1.55 bits per heavy atom. The van der Waals surface area contributed by atoms with Gasteiger partial charge in [0, 0.05) is 0 Å². The van der Waals surface area contributed by atoms with Gasteiger partial charge < -0.3 is 5.11 Å². The van der Waals surface area contributed by atoms with Crippen LogP contribution < -0.4 is 0 Å². The molecular weight excluding hydrogens is 532 g/mol. The summed E-state index contributed by atoms with van der Waals surface area (Å²) < 4.78 is 0. The minimum atomic E-state index is 0.294. The lowest BCUT2D eigenvalue weighted by Gasteiger charge is -2.18. The minimum absolute atomic E-state index is 0.294. The Kier molecular flexibility index (Phi) is 5.48. The van der Waals surface area contributed by atoms with Crippen LogP contribution in [0.4, 0.5) is 0 Å². The van der Waals surface area contributed by atoms with E-state index in [2.05, 4.69) is 133 Å². The van der Waals surface area contributed by atoms with Crippen molar-refractivity contribution in [2.45, 2.75) is 6.42 Å². The zero-order valence-electron chi connectivity index (χ0n) is 24.1. The van der Waals surface area contributed by atoms with Crippen molar-refractivity contribution in [1.82, 2.24) is 0 Å². The predicted molar refractivity (Wildman–Crippen MR) is 185 cm³/mol. The van der Waals surface area contributed by atoms with E-state index in [1.165, 1.54) is 77.2 Å². The number of phenolic OH excluding ortho intramolecular Hbond substituents is 1. The van der Waals surface area contributed by atoms with E-state index in [4.69, 9.17) is 0 Å². The number of hydrogen-bond donors (Lipinski definition) is 1. The van der Waals surface area contributed by atoms with Crippen LogP contribution in [-0.2, 0) is 6.42 Å². The van der Waals surface area contributed by atoms with Gasteiger partial charge >= 0.3 is 0 Å². The van der Waals surface area contributed by atoms with Gasteiger partial charge in [-0.15, -0.1) is 0 Å². The average molecular weight is 561 g/mol. The maximum atomic E-state index is 10.0. The molecule has 0 radical (unpaired) electrons. The van der Waals surface area contributed by atoms with Crippen LogP contribution >= 0.6 is 0 Å². The van der Waals surface area contributed by atoms with Crippen molar-refractivity contribution in [2.75, 3.05) is 0 Å². The first-order valence-corrected chi connectivity index (χ1v) is 15.2. The topological polar surface area (TPSA) is 20.2 Å². The van der Waals surface area contributed by atoms with Crippen LogP contribution in [0.1, 0.15) is 11.1 Å². The summed E-state index contributed by atoms with van der Waals surface area (Å²) in [5, 5.41) is 17.2. The lowest BCUT2D eigenvalue weighted by atomic mass is 9.86. The summed E-state index contributed by atoms with van der Waals surface area (Å²) >= 11 is 0. The van der Waals surface area contributed by atoms with Crippen LogP contribution in [-0.4, -0.2) is 5.11 Å². The third kappa shape index (κ3) is 3.94. The summed E-state index contributed by atoms with van der Waals surface area (Å²) in [4.78, 5) is 0. The maximum absolute atomic E-state index is 10.0. The van der Waals surface area contributed by atoms with E-state index in [9.17, 15) is 5.11 Å². The number of phenols is 1. The normalized spacial score (nSPS) is 12.1. The second-order valence-corrected chi connectivity index (χ2v) is 11.9. The van der Waals surface area contributed by atoms with E-state index in [1.807, 2.05) is 12.1 Å². The van der Waals surface area contributed by atoms with Gasteiger partial charge in [-0.05, 0) is 125 Å². The third-order valence-corrected chi connectivity index (χ3v) is 9.34. The highest BCUT2D eigenvalue weighted by atomic mass is 16.3. The molecule has 206 valence electrons. The van der Waals surface area contributed by atoms with Gasteiger partial charge in [0.15, 0.2) is 0 Å². The molecule has 0 bridgehead atoms. The molecule has 1 aliphatic rings. The molecule has 1 aliphatic carbocycles. The van der Waals surface area contributed by atoms with Gasteiger partial charge in [-0.1, -0.05) is 121 Å². The highest BCUT2D eigenvalue weighted by Gasteiger charge is 2.28. The van der Waals surface area contributed by atoms with Crippen molar-refractivity contribution in [3.63, 3.8) is 0 Å². The summed E-state index contributed by atoms with van der Waals surface area (Å²) in [5.74, 6) is 0.294. The van der Waals surface area contributed by atoms with Gasteiger partial charge in [0.2, 0.25) is 0 Å². The van der Waals surface area contributed by atoms with E-state index >= 15 is 0 Å². The number of rotatable bonds is 3. The average Bonchev–Trinajstić information content (AvgIpc) is 3.47. The number of hydrogen-bond acceptors (Lipinski definition) is 1. The molecule has 0 spiro atoms. The molecule has 0 atom stereocenters. The van der Waals surface area contributed by atoms with Crippen molar-refractivity contribution in [1.29, 1.82) is 0 Å². The SMILES string of the molecule is Oc1ccc2cc(-c3ccc(-c4ccc5ccccc5c4)c4c3Cc3cccc(-c5ccc6ccccc6c5)c3-4)ccc2c1. The monoisotopic (exact) mass is 560 g/mol. The summed E-state index contributed by atoms with van der Waals surface area (Å²) in [5.41, 5.74) is 12.9. The van der Waals surface area contributed by atoms with E-state index in [0.717, 1.165) is 17.2 Å². The molecule has 0 saturated carbocycles. The molecule has 0 amide bonds. The van der Waals surface area contributed by atoms with Crippen molar-refractivity contribution in [2.24, 2.45) is 0 Å². The lowest BCUT2D eigenvalue weighted by molar-refractivity contribution is 0.476. The third-order valence-electron chi connectivity index (χ3n) is 9.34. The van der Waals surface area contributed by atoms with E-state index in [1.54, 1.807) is 6.07 Å². The molecule has 1 nitrogen and oxygen atoms in total. The fourth-order valence-corrected chi connectivity index (χ4v) is 7.22. The van der Waals surface area contributed by atoms with Gasteiger partial charge in [-0.25, -0.2) is 0 Å². The number of aromatic hydroxyl groups is 1. The van der Waals surface area contributed by atoms with Crippen molar-refractivity contribution >= 4 is 32.3 Å². The molecule has 1 N–H and O–H groups in total. The molecule has 0 unspecified atom stereocenters. The zero-order chi connectivity index (χ0) is 29.2. The minimum Gasteiger partial charge on any atom is -0.508 e. The van der Waals surface area contributed by atoms with Crippen molar-refractivity contribution < 1.29 is 5.11 Å². The molecule has 0 aliphatic heterocycles. The summed E-state index contributed by atoms with van der Waals surface area (Å²) in [6.45, 7) is 0. The van der Waals surface area contributed by atoms with Crippen LogP contribution in [0.2, 0.25) is 0 Å². The van der Waals surface area contributed by atoms with Crippen molar-refractivity contribution in [3.05, 3.63) is 163 Å². The molecule has 8 aromatic rings. The Balaban J connectivity index is 1.31. The Morgan fingerprint density at radius 1 is 0.364 bits per heavy atom. The lowest BCUT2D eigenvalue weighted by Crippen LogP contribution is -1.93. The highest BCUT2D eigenvalue weighted by Crippen LogP contribution is 2.51. The largest absolute Gasteiger partial charge is 0.508 e. The fourth-order valence-electron chi connectivity index (χ4n) is 7.22. The van der Waals surface area contributed by atoms with Crippen LogP contribution in [0.25, 0.3) is 76.8 Å². The van der Waals surface area contributed by atoms with E-state index < -0.39 is 0 Å². The molecule has 0 heterocycles. The zero-order valence-corrected chi connectivity index (χ0v) is 24.1. The second-order valence-electron chi connectivity index (χ2n) is 11.9. The first-order valence-electron chi connectivity index (χ1n) is 15.2. The van der Waals surface area contributed by atoms with Crippen LogP contribution in [0, 0.1) is 0 Å². The number of benzene rings is 8. The maximum Gasteiger partial charge on any atom is 0.116 e. The summed E-state index contributed by atoms with van der Waals surface area (Å²) in [6, 6.07) is 54.5.